The summed E-state index contributed by atoms with van der Waals surface area (Å²) >= 11 is 5.56. The highest BCUT2D eigenvalue weighted by atomic mass is 35.5. The first-order valence-corrected chi connectivity index (χ1v) is 7.34. The van der Waals surface area contributed by atoms with Crippen LogP contribution in [0.5, 0.6) is 0 Å². The molecule has 0 unspecified atom stereocenters. The first-order valence-electron chi connectivity index (χ1n) is 6.96. The quantitative estimate of drug-likeness (QED) is 0.778. The van der Waals surface area contributed by atoms with Gasteiger partial charge in [-0.2, -0.15) is 13.2 Å². The van der Waals surface area contributed by atoms with E-state index in [1.807, 2.05) is 0 Å². The summed E-state index contributed by atoms with van der Waals surface area (Å²) in [4.78, 5) is 11.3. The maximum Gasteiger partial charge on any atom is 0.417 e. The lowest BCUT2D eigenvalue weighted by molar-refractivity contribution is -0.149. The number of carbonyl (C=O) groups is 1. The topological polar surface area (TPSA) is 49.3 Å². The average molecular weight is 338 g/mol. The Labute approximate surface area is 132 Å². The zero-order valence-corrected chi connectivity index (χ0v) is 13.2. The van der Waals surface area contributed by atoms with Crippen molar-refractivity contribution in [2.75, 3.05) is 6.54 Å². The highest BCUT2D eigenvalue weighted by Gasteiger charge is 2.35. The zero-order chi connectivity index (χ0) is 17.0. The van der Waals surface area contributed by atoms with Gasteiger partial charge in [-0.1, -0.05) is 31.5 Å². The van der Waals surface area contributed by atoms with E-state index in [-0.39, 0.29) is 18.1 Å². The molecule has 0 aliphatic carbocycles. The Morgan fingerprint density at radius 3 is 2.32 bits per heavy atom. The molecule has 0 bridgehead atoms. The van der Waals surface area contributed by atoms with E-state index in [0.29, 0.717) is 18.4 Å². The van der Waals surface area contributed by atoms with Crippen molar-refractivity contribution in [3.63, 3.8) is 0 Å². The SMILES string of the molecule is CCC(CC)(CNCc1ccc(Cl)c(C(F)(F)F)c1)C(=O)O. The fourth-order valence-corrected chi connectivity index (χ4v) is 2.45. The number of benzene rings is 1. The molecule has 124 valence electrons. The number of nitrogens with one attached hydrogen (secondary N) is 1. The van der Waals surface area contributed by atoms with Crippen molar-refractivity contribution in [1.29, 1.82) is 0 Å². The summed E-state index contributed by atoms with van der Waals surface area (Å²) in [6.45, 7) is 3.90. The molecule has 0 atom stereocenters. The van der Waals surface area contributed by atoms with Crippen molar-refractivity contribution in [3.05, 3.63) is 34.3 Å². The van der Waals surface area contributed by atoms with Gasteiger partial charge in [0.1, 0.15) is 0 Å². The second kappa shape index (κ2) is 7.33. The Bertz CT molecular complexity index is 528. The van der Waals surface area contributed by atoms with Crippen molar-refractivity contribution >= 4 is 17.6 Å². The Hall–Kier alpha value is -1.27. The predicted molar refractivity (Wildman–Crippen MR) is 78.8 cm³/mol. The van der Waals surface area contributed by atoms with Crippen LogP contribution >= 0.6 is 11.6 Å². The normalized spacial score (nSPS) is 12.5. The maximum absolute atomic E-state index is 12.8. The predicted octanol–water partition coefficient (Wildman–Crippen LogP) is 4.34. The van der Waals surface area contributed by atoms with Gasteiger partial charge in [-0.25, -0.2) is 0 Å². The molecule has 2 N–H and O–H groups in total. The molecule has 1 aromatic carbocycles. The molecule has 0 radical (unpaired) electrons. The van der Waals surface area contributed by atoms with Crippen LogP contribution in [0.15, 0.2) is 18.2 Å². The minimum Gasteiger partial charge on any atom is -0.481 e. The number of alkyl halides is 3. The highest BCUT2D eigenvalue weighted by molar-refractivity contribution is 6.31. The van der Waals surface area contributed by atoms with E-state index in [1.54, 1.807) is 13.8 Å². The van der Waals surface area contributed by atoms with Crippen molar-refractivity contribution in [1.82, 2.24) is 5.32 Å². The Kier molecular flexibility index (Phi) is 6.26. The van der Waals surface area contributed by atoms with Crippen LogP contribution in [0.2, 0.25) is 5.02 Å². The molecule has 22 heavy (non-hydrogen) atoms. The minimum absolute atomic E-state index is 0.148. The van der Waals surface area contributed by atoms with Gasteiger partial charge < -0.3 is 10.4 Å². The number of hydrogen-bond acceptors (Lipinski definition) is 2. The molecule has 1 aromatic rings. The van der Waals surface area contributed by atoms with Gasteiger partial charge in [-0.05, 0) is 30.5 Å². The van der Waals surface area contributed by atoms with E-state index in [2.05, 4.69) is 5.32 Å². The van der Waals surface area contributed by atoms with E-state index >= 15 is 0 Å². The molecule has 3 nitrogen and oxygen atoms in total. The summed E-state index contributed by atoms with van der Waals surface area (Å²) in [6.07, 6.45) is -3.62. The Balaban J connectivity index is 2.79. The number of carboxylic acid groups (broad SMARTS) is 1. The van der Waals surface area contributed by atoms with E-state index in [0.717, 1.165) is 6.07 Å². The van der Waals surface area contributed by atoms with Crippen LogP contribution in [-0.4, -0.2) is 17.6 Å². The summed E-state index contributed by atoms with van der Waals surface area (Å²) in [6, 6.07) is 3.67. The second-order valence-corrected chi connectivity index (χ2v) is 5.62. The van der Waals surface area contributed by atoms with Crippen LogP contribution in [0.25, 0.3) is 0 Å². The van der Waals surface area contributed by atoms with Gasteiger partial charge in [0.2, 0.25) is 0 Å². The Morgan fingerprint density at radius 2 is 1.86 bits per heavy atom. The van der Waals surface area contributed by atoms with Gasteiger partial charge in [0, 0.05) is 13.1 Å². The molecule has 1 rings (SSSR count). The number of rotatable bonds is 7. The largest absolute Gasteiger partial charge is 0.481 e. The molecule has 0 aliphatic heterocycles. The lowest BCUT2D eigenvalue weighted by Crippen LogP contribution is -2.40. The van der Waals surface area contributed by atoms with Gasteiger partial charge in [-0.15, -0.1) is 0 Å². The van der Waals surface area contributed by atoms with Crippen molar-refractivity contribution < 1.29 is 23.1 Å². The smallest absolute Gasteiger partial charge is 0.417 e. The number of halogens is 4. The molecule has 0 heterocycles. The van der Waals surface area contributed by atoms with Gasteiger partial charge in [0.25, 0.3) is 0 Å². The maximum atomic E-state index is 12.8. The summed E-state index contributed by atoms with van der Waals surface area (Å²) < 4.78 is 38.3. The third kappa shape index (κ3) is 4.36. The monoisotopic (exact) mass is 337 g/mol. The standard InChI is InChI=1S/C15H19ClF3NO2/c1-3-14(4-2,13(21)22)9-20-8-10-5-6-12(16)11(7-10)15(17,18)19/h5-7,20H,3-4,8-9H2,1-2H3,(H,21,22). The van der Waals surface area contributed by atoms with Crippen LogP contribution in [-0.2, 0) is 17.5 Å². The van der Waals surface area contributed by atoms with Crippen LogP contribution < -0.4 is 5.32 Å². The molecule has 0 amide bonds. The van der Waals surface area contributed by atoms with Gasteiger partial charge in [0.05, 0.1) is 16.0 Å². The first kappa shape index (κ1) is 18.8. The summed E-state index contributed by atoms with van der Waals surface area (Å²) in [7, 11) is 0. The lowest BCUT2D eigenvalue weighted by atomic mass is 9.82. The van der Waals surface area contributed by atoms with E-state index in [1.165, 1.54) is 12.1 Å². The first-order chi connectivity index (χ1) is 10.2. The minimum atomic E-state index is -4.51. The van der Waals surface area contributed by atoms with Crippen LogP contribution in [0, 0.1) is 5.41 Å². The van der Waals surface area contributed by atoms with Gasteiger partial charge in [-0.3, -0.25) is 4.79 Å². The second-order valence-electron chi connectivity index (χ2n) is 5.21. The van der Waals surface area contributed by atoms with Crippen LogP contribution in [0.3, 0.4) is 0 Å². The molecular weight excluding hydrogens is 319 g/mol. The number of carboxylic acids is 1. The highest BCUT2D eigenvalue weighted by Crippen LogP contribution is 2.35. The molecule has 0 saturated carbocycles. The molecule has 0 aliphatic rings. The molecule has 0 aromatic heterocycles. The molecule has 0 fully saturated rings. The third-order valence-electron chi connectivity index (χ3n) is 3.94. The summed E-state index contributed by atoms with van der Waals surface area (Å²) in [5, 5.41) is 11.9. The van der Waals surface area contributed by atoms with Crippen molar-refractivity contribution in [2.45, 2.75) is 39.4 Å². The summed E-state index contributed by atoms with van der Waals surface area (Å²) in [5.74, 6) is -0.905. The fraction of sp³-hybridized carbons (Fsp3) is 0.533. The average Bonchev–Trinajstić information content (AvgIpc) is 2.44. The van der Waals surface area contributed by atoms with Crippen LogP contribution in [0.4, 0.5) is 13.2 Å². The van der Waals surface area contributed by atoms with E-state index < -0.39 is 23.1 Å². The number of aliphatic carboxylic acids is 1. The van der Waals surface area contributed by atoms with Crippen molar-refractivity contribution in [2.24, 2.45) is 5.41 Å². The Morgan fingerprint density at radius 1 is 1.27 bits per heavy atom. The molecule has 0 saturated heterocycles. The van der Waals surface area contributed by atoms with Gasteiger partial charge >= 0.3 is 12.1 Å². The lowest BCUT2D eigenvalue weighted by Gasteiger charge is -2.27. The number of hydrogen-bond donors (Lipinski definition) is 2. The molecule has 7 heteroatoms. The third-order valence-corrected chi connectivity index (χ3v) is 4.27. The molecular formula is C15H19ClF3NO2. The van der Waals surface area contributed by atoms with Gasteiger partial charge in [0.15, 0.2) is 0 Å². The van der Waals surface area contributed by atoms with E-state index in [9.17, 15) is 23.1 Å². The summed E-state index contributed by atoms with van der Waals surface area (Å²) in [5.41, 5.74) is -1.38. The molecule has 0 spiro atoms. The fourth-order valence-electron chi connectivity index (χ4n) is 2.22. The van der Waals surface area contributed by atoms with E-state index in [4.69, 9.17) is 11.6 Å². The van der Waals surface area contributed by atoms with Crippen LogP contribution in [0.1, 0.15) is 37.8 Å². The zero-order valence-electron chi connectivity index (χ0n) is 12.4. The van der Waals surface area contributed by atoms with Crippen molar-refractivity contribution in [3.8, 4) is 0 Å².